The first-order valence-corrected chi connectivity index (χ1v) is 7.43. The van der Waals surface area contributed by atoms with Crippen molar-refractivity contribution in [2.24, 2.45) is 12.0 Å². The van der Waals surface area contributed by atoms with Crippen molar-refractivity contribution in [3.05, 3.63) is 36.5 Å². The van der Waals surface area contributed by atoms with Gasteiger partial charge in [0.1, 0.15) is 6.54 Å². The van der Waals surface area contributed by atoms with Gasteiger partial charge in [0, 0.05) is 45.5 Å². The molecule has 23 heavy (non-hydrogen) atoms. The highest BCUT2D eigenvalue weighted by Crippen LogP contribution is 2.16. The van der Waals surface area contributed by atoms with Crippen LogP contribution in [-0.2, 0) is 18.4 Å². The number of amides is 1. The number of rotatable bonds is 3. The first-order valence-electron chi connectivity index (χ1n) is 7.43. The Labute approximate surface area is 134 Å². The molecule has 1 amide bonds. The number of anilines is 1. The van der Waals surface area contributed by atoms with Crippen LogP contribution >= 0.6 is 0 Å². The molecule has 8 heteroatoms. The second kappa shape index (κ2) is 6.55. The number of aryl methyl sites for hydroxylation is 1. The average molecular weight is 316 g/mol. The first kappa shape index (κ1) is 15.1. The molecule has 3 heterocycles. The Morgan fingerprint density at radius 1 is 1.48 bits per heavy atom. The van der Waals surface area contributed by atoms with Crippen LogP contribution in [0, 0.1) is 0 Å². The van der Waals surface area contributed by atoms with Gasteiger partial charge in [-0.1, -0.05) is 0 Å². The van der Waals surface area contributed by atoms with E-state index in [9.17, 15) is 4.79 Å². The van der Waals surface area contributed by atoms with Crippen LogP contribution < -0.4 is 10.2 Å². The Morgan fingerprint density at radius 2 is 2.35 bits per heavy atom. The third-order valence-electron chi connectivity index (χ3n) is 3.77. The molecule has 0 spiro atoms. The lowest BCUT2D eigenvalue weighted by Crippen LogP contribution is -2.55. The Hall–Kier alpha value is -2.77. The number of furan rings is 1. The largest absolute Gasteiger partial charge is 0.472 e. The lowest BCUT2D eigenvalue weighted by atomic mass is 10.3. The van der Waals surface area contributed by atoms with Gasteiger partial charge in [-0.15, -0.1) is 0 Å². The van der Waals surface area contributed by atoms with Gasteiger partial charge in [0.25, 0.3) is 0 Å². The predicted octanol–water partition coefficient (Wildman–Crippen LogP) is 0.437. The molecule has 0 unspecified atom stereocenters. The van der Waals surface area contributed by atoms with E-state index >= 15 is 0 Å². The van der Waals surface area contributed by atoms with E-state index in [1.54, 1.807) is 35.4 Å². The summed E-state index contributed by atoms with van der Waals surface area (Å²) in [7, 11) is 3.56. The van der Waals surface area contributed by atoms with Crippen LogP contribution in [0.2, 0.25) is 0 Å². The molecule has 1 saturated heterocycles. The molecule has 0 aromatic carbocycles. The maximum Gasteiger partial charge on any atom is 0.246 e. The van der Waals surface area contributed by atoms with E-state index in [0.29, 0.717) is 32.1 Å². The summed E-state index contributed by atoms with van der Waals surface area (Å²) >= 11 is 0. The Balaban J connectivity index is 1.60. The van der Waals surface area contributed by atoms with Crippen molar-refractivity contribution in [1.82, 2.24) is 20.0 Å². The van der Waals surface area contributed by atoms with E-state index in [1.165, 1.54) is 0 Å². The minimum absolute atomic E-state index is 0.0375. The fraction of sp³-hybridized carbons (Fsp3) is 0.400. The number of hydrogen-bond acceptors (Lipinski definition) is 4. The smallest absolute Gasteiger partial charge is 0.246 e. The van der Waals surface area contributed by atoms with E-state index in [0.717, 1.165) is 11.3 Å². The van der Waals surface area contributed by atoms with Crippen LogP contribution in [-0.4, -0.2) is 53.2 Å². The quantitative estimate of drug-likeness (QED) is 0.656. The van der Waals surface area contributed by atoms with Crippen molar-refractivity contribution in [3.63, 3.8) is 0 Å². The molecule has 0 atom stereocenters. The summed E-state index contributed by atoms with van der Waals surface area (Å²) in [6.45, 7) is 2.22. The van der Waals surface area contributed by atoms with Gasteiger partial charge >= 0.3 is 0 Å². The van der Waals surface area contributed by atoms with Crippen molar-refractivity contribution in [3.8, 4) is 0 Å². The summed E-state index contributed by atoms with van der Waals surface area (Å²) in [6.07, 6.45) is 6.88. The number of guanidine groups is 1. The van der Waals surface area contributed by atoms with Crippen molar-refractivity contribution in [1.29, 1.82) is 0 Å². The molecule has 1 fully saturated rings. The second-order valence-electron chi connectivity index (χ2n) is 5.37. The molecular formula is C15H20N6O2. The normalized spacial score (nSPS) is 16.1. The number of aromatic nitrogens is 2. The molecule has 0 saturated carbocycles. The SMILES string of the molecule is CN=C(NCc1ccoc1)N1CCN(c2cnn(C)c2)C(=O)C1. The summed E-state index contributed by atoms with van der Waals surface area (Å²) < 4.78 is 6.74. The number of nitrogens with one attached hydrogen (secondary N) is 1. The zero-order valence-electron chi connectivity index (χ0n) is 13.3. The fourth-order valence-electron chi connectivity index (χ4n) is 2.58. The van der Waals surface area contributed by atoms with Gasteiger partial charge in [-0.25, -0.2) is 0 Å². The number of hydrogen-bond donors (Lipinski definition) is 1. The highest BCUT2D eigenvalue weighted by atomic mass is 16.3. The predicted molar refractivity (Wildman–Crippen MR) is 86.0 cm³/mol. The molecule has 122 valence electrons. The number of piperazine rings is 1. The van der Waals surface area contributed by atoms with E-state index in [1.807, 2.05) is 24.2 Å². The Bertz CT molecular complexity index is 691. The molecule has 8 nitrogen and oxygen atoms in total. The molecule has 1 N–H and O–H groups in total. The van der Waals surface area contributed by atoms with Crippen LogP contribution in [0.5, 0.6) is 0 Å². The van der Waals surface area contributed by atoms with Gasteiger partial charge < -0.3 is 19.5 Å². The van der Waals surface area contributed by atoms with Crippen LogP contribution in [0.25, 0.3) is 0 Å². The van der Waals surface area contributed by atoms with Crippen molar-refractivity contribution < 1.29 is 9.21 Å². The Morgan fingerprint density at radius 3 is 2.96 bits per heavy atom. The first-order chi connectivity index (χ1) is 11.2. The summed E-state index contributed by atoms with van der Waals surface area (Å²) in [5, 5.41) is 7.37. The summed E-state index contributed by atoms with van der Waals surface area (Å²) in [5.74, 6) is 0.751. The third-order valence-corrected chi connectivity index (χ3v) is 3.77. The number of aliphatic imine (C=N–C) groups is 1. The van der Waals surface area contributed by atoms with E-state index in [2.05, 4.69) is 15.4 Å². The fourth-order valence-corrected chi connectivity index (χ4v) is 2.58. The maximum atomic E-state index is 12.4. The van der Waals surface area contributed by atoms with Gasteiger partial charge in [-0.2, -0.15) is 5.10 Å². The molecule has 1 aliphatic rings. The minimum atomic E-state index is 0.0375. The van der Waals surface area contributed by atoms with Gasteiger partial charge in [-0.05, 0) is 6.07 Å². The summed E-state index contributed by atoms with van der Waals surface area (Å²) in [6, 6.07) is 1.89. The number of nitrogens with zero attached hydrogens (tertiary/aromatic N) is 5. The summed E-state index contributed by atoms with van der Waals surface area (Å²) in [5.41, 5.74) is 1.87. The highest BCUT2D eigenvalue weighted by Gasteiger charge is 2.27. The van der Waals surface area contributed by atoms with Gasteiger partial charge in [-0.3, -0.25) is 14.5 Å². The highest BCUT2D eigenvalue weighted by molar-refractivity contribution is 5.98. The standard InChI is InChI=1S/C15H20N6O2/c1-16-15(17-7-12-3-6-23-11-12)20-4-5-21(14(22)10-20)13-8-18-19(2)9-13/h3,6,8-9,11H,4-5,7,10H2,1-2H3,(H,16,17). The lowest BCUT2D eigenvalue weighted by Gasteiger charge is -2.35. The second-order valence-corrected chi connectivity index (χ2v) is 5.37. The third kappa shape index (κ3) is 3.36. The number of carbonyl (C=O) groups is 1. The molecule has 2 aromatic heterocycles. The van der Waals surface area contributed by atoms with Gasteiger partial charge in [0.2, 0.25) is 5.91 Å². The molecule has 3 rings (SSSR count). The maximum absolute atomic E-state index is 12.4. The van der Waals surface area contributed by atoms with Crippen LogP contribution in [0.15, 0.2) is 40.4 Å². The molecule has 0 radical (unpaired) electrons. The van der Waals surface area contributed by atoms with E-state index in [-0.39, 0.29) is 5.91 Å². The molecule has 2 aromatic rings. The summed E-state index contributed by atoms with van der Waals surface area (Å²) in [4.78, 5) is 20.4. The number of carbonyl (C=O) groups excluding carboxylic acids is 1. The zero-order valence-corrected chi connectivity index (χ0v) is 13.3. The lowest BCUT2D eigenvalue weighted by molar-refractivity contribution is -0.120. The zero-order chi connectivity index (χ0) is 16.2. The van der Waals surface area contributed by atoms with Gasteiger partial charge in [0.05, 0.1) is 24.4 Å². The van der Waals surface area contributed by atoms with E-state index < -0.39 is 0 Å². The molecule has 0 aliphatic carbocycles. The van der Waals surface area contributed by atoms with E-state index in [4.69, 9.17) is 4.42 Å². The average Bonchev–Trinajstić information content (AvgIpc) is 3.20. The van der Waals surface area contributed by atoms with Crippen molar-refractivity contribution in [2.45, 2.75) is 6.54 Å². The topological polar surface area (TPSA) is 78.9 Å². The molecular weight excluding hydrogens is 296 g/mol. The van der Waals surface area contributed by atoms with Crippen molar-refractivity contribution >= 4 is 17.6 Å². The molecule has 0 bridgehead atoms. The minimum Gasteiger partial charge on any atom is -0.472 e. The molecule has 1 aliphatic heterocycles. The van der Waals surface area contributed by atoms with Crippen LogP contribution in [0.3, 0.4) is 0 Å². The van der Waals surface area contributed by atoms with Gasteiger partial charge in [0.15, 0.2) is 5.96 Å². The van der Waals surface area contributed by atoms with Crippen LogP contribution in [0.4, 0.5) is 5.69 Å². The Kier molecular flexibility index (Phi) is 4.31. The monoisotopic (exact) mass is 316 g/mol. The van der Waals surface area contributed by atoms with Crippen molar-refractivity contribution in [2.75, 3.05) is 31.6 Å². The van der Waals surface area contributed by atoms with Crippen LogP contribution in [0.1, 0.15) is 5.56 Å².